The van der Waals surface area contributed by atoms with Gasteiger partial charge >= 0.3 is 0 Å². The fourth-order valence-corrected chi connectivity index (χ4v) is 4.16. The van der Waals surface area contributed by atoms with Crippen molar-refractivity contribution in [1.82, 2.24) is 5.32 Å². The molecule has 0 spiro atoms. The molecule has 2 N–H and O–H groups in total. The highest BCUT2D eigenvalue weighted by Crippen LogP contribution is 2.34. The number of hydrogen-bond donors (Lipinski definition) is 2. The summed E-state index contributed by atoms with van der Waals surface area (Å²) in [6, 6.07) is 11.3. The van der Waals surface area contributed by atoms with Gasteiger partial charge < -0.3 is 25.0 Å². The lowest BCUT2D eigenvalue weighted by Crippen LogP contribution is -2.44. The van der Waals surface area contributed by atoms with E-state index in [0.717, 1.165) is 6.42 Å². The van der Waals surface area contributed by atoms with Crippen molar-refractivity contribution >= 4 is 40.9 Å². The second kappa shape index (κ2) is 11.6. The van der Waals surface area contributed by atoms with Crippen LogP contribution in [0.3, 0.4) is 0 Å². The first kappa shape index (κ1) is 24.4. The summed E-state index contributed by atoms with van der Waals surface area (Å²) in [4.78, 5) is 39.9. The minimum Gasteiger partial charge on any atom is -0.496 e. The maximum Gasteiger partial charge on any atom is 0.255 e. The molecular formula is C24H29N3O5S. The van der Waals surface area contributed by atoms with E-state index >= 15 is 0 Å². The molecule has 1 saturated heterocycles. The minimum absolute atomic E-state index is 0.0266. The summed E-state index contributed by atoms with van der Waals surface area (Å²) in [6.45, 7) is 0.609. The third-order valence-electron chi connectivity index (χ3n) is 5.39. The second-order valence-corrected chi connectivity index (χ2v) is 8.52. The Hall–Kier alpha value is -3.20. The van der Waals surface area contributed by atoms with Crippen molar-refractivity contribution in [2.45, 2.75) is 25.3 Å². The summed E-state index contributed by atoms with van der Waals surface area (Å²) in [5.74, 6) is 1.00. The lowest BCUT2D eigenvalue weighted by atomic mass is 10.1. The van der Waals surface area contributed by atoms with Crippen LogP contribution in [-0.2, 0) is 9.59 Å². The molecule has 0 aromatic heterocycles. The number of hydrogen-bond acceptors (Lipinski definition) is 6. The van der Waals surface area contributed by atoms with Gasteiger partial charge in [0, 0.05) is 18.7 Å². The SMILES string of the molecule is COc1ccccc1C(=O)NC(CCSC)C(=O)Nc1ccc(OC)c(N2CCCC2=O)c1. The molecule has 0 bridgehead atoms. The molecule has 176 valence electrons. The number of amides is 3. The highest BCUT2D eigenvalue weighted by molar-refractivity contribution is 7.98. The molecule has 1 fully saturated rings. The molecule has 8 nitrogen and oxygen atoms in total. The predicted octanol–water partition coefficient (Wildman–Crippen LogP) is 3.32. The smallest absolute Gasteiger partial charge is 0.255 e. The first-order valence-electron chi connectivity index (χ1n) is 10.7. The lowest BCUT2D eigenvalue weighted by molar-refractivity contribution is -0.118. The fourth-order valence-electron chi connectivity index (χ4n) is 3.68. The zero-order valence-corrected chi connectivity index (χ0v) is 19.9. The van der Waals surface area contributed by atoms with Crippen LogP contribution in [0.2, 0.25) is 0 Å². The highest BCUT2D eigenvalue weighted by Gasteiger charge is 2.26. The topological polar surface area (TPSA) is 97.0 Å². The number of nitrogens with zero attached hydrogens (tertiary/aromatic N) is 1. The van der Waals surface area contributed by atoms with E-state index in [0.29, 0.717) is 53.6 Å². The molecule has 33 heavy (non-hydrogen) atoms. The largest absolute Gasteiger partial charge is 0.496 e. The van der Waals surface area contributed by atoms with Gasteiger partial charge in [-0.25, -0.2) is 0 Å². The Balaban J connectivity index is 1.78. The summed E-state index contributed by atoms with van der Waals surface area (Å²) in [5, 5.41) is 5.71. The number of nitrogens with one attached hydrogen (secondary N) is 2. The van der Waals surface area contributed by atoms with Crippen LogP contribution in [0.4, 0.5) is 11.4 Å². The summed E-state index contributed by atoms with van der Waals surface area (Å²) < 4.78 is 10.7. The van der Waals surface area contributed by atoms with Crippen LogP contribution in [0, 0.1) is 0 Å². The third-order valence-corrected chi connectivity index (χ3v) is 6.04. The summed E-state index contributed by atoms with van der Waals surface area (Å²) in [6.07, 6.45) is 3.68. The van der Waals surface area contributed by atoms with Crippen molar-refractivity contribution < 1.29 is 23.9 Å². The Morgan fingerprint density at radius 1 is 1.12 bits per heavy atom. The van der Waals surface area contributed by atoms with E-state index in [4.69, 9.17) is 9.47 Å². The van der Waals surface area contributed by atoms with Crippen LogP contribution in [-0.4, -0.2) is 56.5 Å². The van der Waals surface area contributed by atoms with E-state index in [1.165, 1.54) is 7.11 Å². The molecular weight excluding hydrogens is 442 g/mol. The molecule has 3 rings (SSSR count). The molecule has 1 aliphatic rings. The van der Waals surface area contributed by atoms with Gasteiger partial charge in [0.1, 0.15) is 17.5 Å². The Morgan fingerprint density at radius 3 is 2.55 bits per heavy atom. The average Bonchev–Trinajstić information content (AvgIpc) is 3.26. The summed E-state index contributed by atoms with van der Waals surface area (Å²) >= 11 is 1.59. The number of methoxy groups -OCH3 is 2. The van der Waals surface area contributed by atoms with E-state index in [2.05, 4.69) is 10.6 Å². The van der Waals surface area contributed by atoms with Crippen LogP contribution in [0.1, 0.15) is 29.6 Å². The molecule has 9 heteroatoms. The molecule has 0 aliphatic carbocycles. The van der Waals surface area contributed by atoms with Gasteiger partial charge in [0.25, 0.3) is 5.91 Å². The van der Waals surface area contributed by atoms with Gasteiger partial charge in [0.2, 0.25) is 11.8 Å². The number of benzene rings is 2. The normalized spacial score (nSPS) is 14.0. The first-order valence-corrected chi connectivity index (χ1v) is 12.1. The van der Waals surface area contributed by atoms with Gasteiger partial charge in [0.05, 0.1) is 25.5 Å². The standard InChI is InChI=1S/C24H29N3O5S/c1-31-20-8-5-4-7-17(20)23(29)26-18(12-14-33-3)24(30)25-16-10-11-21(32-2)19(15-16)27-13-6-9-22(27)28/h4-5,7-8,10-11,15,18H,6,9,12-14H2,1-3H3,(H,25,30)(H,26,29). The number of ether oxygens (including phenoxy) is 2. The maximum absolute atomic E-state index is 13.1. The van der Waals surface area contributed by atoms with E-state index in [1.54, 1.807) is 66.2 Å². The molecule has 1 heterocycles. The van der Waals surface area contributed by atoms with Gasteiger partial charge in [-0.3, -0.25) is 14.4 Å². The number of para-hydroxylation sites is 1. The van der Waals surface area contributed by atoms with Crippen molar-refractivity contribution in [3.05, 3.63) is 48.0 Å². The van der Waals surface area contributed by atoms with E-state index < -0.39 is 6.04 Å². The van der Waals surface area contributed by atoms with Crippen LogP contribution in [0.5, 0.6) is 11.5 Å². The second-order valence-electron chi connectivity index (χ2n) is 7.53. The monoisotopic (exact) mass is 471 g/mol. The Bertz CT molecular complexity index is 1010. The number of rotatable bonds is 10. The zero-order chi connectivity index (χ0) is 23.8. The molecule has 1 atom stereocenters. The Morgan fingerprint density at radius 2 is 1.88 bits per heavy atom. The molecule has 3 amide bonds. The van der Waals surface area contributed by atoms with Crippen LogP contribution >= 0.6 is 11.8 Å². The quantitative estimate of drug-likeness (QED) is 0.552. The molecule has 2 aromatic carbocycles. The van der Waals surface area contributed by atoms with Gasteiger partial charge in [-0.05, 0) is 55.2 Å². The van der Waals surface area contributed by atoms with Gasteiger partial charge in [-0.15, -0.1) is 0 Å². The Kier molecular flexibility index (Phi) is 8.59. The number of carbonyl (C=O) groups is 3. The number of carbonyl (C=O) groups excluding carboxylic acids is 3. The van der Waals surface area contributed by atoms with Crippen molar-refractivity contribution in [2.75, 3.05) is 43.0 Å². The van der Waals surface area contributed by atoms with E-state index in [-0.39, 0.29) is 17.7 Å². The van der Waals surface area contributed by atoms with Crippen LogP contribution < -0.4 is 25.0 Å². The van der Waals surface area contributed by atoms with Gasteiger partial charge in [-0.1, -0.05) is 12.1 Å². The number of thioether (sulfide) groups is 1. The average molecular weight is 472 g/mol. The van der Waals surface area contributed by atoms with Gasteiger partial charge in [0.15, 0.2) is 0 Å². The van der Waals surface area contributed by atoms with Crippen molar-refractivity contribution in [3.8, 4) is 11.5 Å². The molecule has 1 aliphatic heterocycles. The van der Waals surface area contributed by atoms with E-state index in [9.17, 15) is 14.4 Å². The van der Waals surface area contributed by atoms with Crippen molar-refractivity contribution in [2.24, 2.45) is 0 Å². The summed E-state index contributed by atoms with van der Waals surface area (Å²) in [5.41, 5.74) is 1.51. The predicted molar refractivity (Wildman–Crippen MR) is 130 cm³/mol. The molecule has 2 aromatic rings. The molecule has 0 saturated carbocycles. The van der Waals surface area contributed by atoms with Crippen molar-refractivity contribution in [1.29, 1.82) is 0 Å². The Labute approximate surface area is 198 Å². The molecule has 0 radical (unpaired) electrons. The van der Waals surface area contributed by atoms with Crippen molar-refractivity contribution in [3.63, 3.8) is 0 Å². The van der Waals surface area contributed by atoms with Crippen LogP contribution in [0.25, 0.3) is 0 Å². The van der Waals surface area contributed by atoms with E-state index in [1.807, 2.05) is 6.26 Å². The third kappa shape index (κ3) is 5.98. The highest BCUT2D eigenvalue weighted by atomic mass is 32.2. The minimum atomic E-state index is -0.742. The summed E-state index contributed by atoms with van der Waals surface area (Å²) in [7, 11) is 3.04. The zero-order valence-electron chi connectivity index (χ0n) is 19.1. The van der Waals surface area contributed by atoms with Crippen LogP contribution in [0.15, 0.2) is 42.5 Å². The lowest BCUT2D eigenvalue weighted by Gasteiger charge is -2.22. The molecule has 1 unspecified atom stereocenters. The first-order chi connectivity index (χ1) is 16.0. The maximum atomic E-state index is 13.1. The van der Waals surface area contributed by atoms with Gasteiger partial charge in [-0.2, -0.15) is 11.8 Å². The number of anilines is 2. The fraction of sp³-hybridized carbons (Fsp3) is 0.375.